The third-order valence-corrected chi connectivity index (χ3v) is 4.16. The van der Waals surface area contributed by atoms with Gasteiger partial charge in [-0.15, -0.1) is 9.80 Å². The molecule has 140 valence electrons. The van der Waals surface area contributed by atoms with Gasteiger partial charge in [-0.1, -0.05) is 0 Å². The molecule has 0 saturated heterocycles. The number of nitrogens with zero attached hydrogens (tertiary/aromatic N) is 5. The van der Waals surface area contributed by atoms with Gasteiger partial charge in [0.1, 0.15) is 6.26 Å². The predicted octanol–water partition coefficient (Wildman–Crippen LogP) is 2.44. The Morgan fingerprint density at radius 2 is 2.12 bits per heavy atom. The zero-order valence-corrected chi connectivity index (χ0v) is 13.5. The first kappa shape index (κ1) is 17.8. The number of hydrogen-bond acceptors (Lipinski definition) is 8. The van der Waals surface area contributed by atoms with E-state index in [1.807, 2.05) is 0 Å². The summed E-state index contributed by atoms with van der Waals surface area (Å²) in [5.74, 6) is -4.63. The smallest absolute Gasteiger partial charge is 0.367 e. The van der Waals surface area contributed by atoms with Crippen LogP contribution in [0.3, 0.4) is 0 Å². The summed E-state index contributed by atoms with van der Waals surface area (Å²) in [5, 5.41) is 19.5. The highest BCUT2D eigenvalue weighted by molar-refractivity contribution is 5.94. The zero-order chi connectivity index (χ0) is 18.7. The number of allylic oxidation sites excluding steroid dienone is 2. The maximum absolute atomic E-state index is 13.4. The minimum absolute atomic E-state index is 0.0249. The fourth-order valence-electron chi connectivity index (χ4n) is 2.78. The van der Waals surface area contributed by atoms with Crippen molar-refractivity contribution in [1.29, 1.82) is 0 Å². The van der Waals surface area contributed by atoms with E-state index in [9.17, 15) is 23.7 Å². The highest BCUT2D eigenvalue weighted by atomic mass is 19.3. The molecule has 1 saturated carbocycles. The van der Waals surface area contributed by atoms with Crippen molar-refractivity contribution in [3.05, 3.63) is 40.4 Å². The average molecular weight is 371 g/mol. The van der Waals surface area contributed by atoms with E-state index in [2.05, 4.69) is 14.9 Å². The number of aromatic nitrogens is 2. The van der Waals surface area contributed by atoms with Gasteiger partial charge in [-0.25, -0.2) is 13.8 Å². The van der Waals surface area contributed by atoms with Gasteiger partial charge in [0.2, 0.25) is 5.92 Å². The number of alkyl halides is 2. The van der Waals surface area contributed by atoms with E-state index >= 15 is 0 Å². The lowest BCUT2D eigenvalue weighted by Crippen LogP contribution is -2.47. The molecule has 2 heterocycles. The first-order valence-corrected chi connectivity index (χ1v) is 7.83. The first-order valence-electron chi connectivity index (χ1n) is 7.83. The molecular weight excluding hydrogens is 356 g/mol. The van der Waals surface area contributed by atoms with Gasteiger partial charge in [-0.2, -0.15) is 0 Å². The zero-order valence-electron chi connectivity index (χ0n) is 13.5. The van der Waals surface area contributed by atoms with Crippen LogP contribution in [-0.4, -0.2) is 43.8 Å². The van der Waals surface area contributed by atoms with Gasteiger partial charge in [0.25, 0.3) is 5.69 Å². The Kier molecular flexibility index (Phi) is 4.82. The standard InChI is InChI=1S/C14H15F2N5O5/c15-14(16)5-3-10(4-6-14)9-19(20-7-1-2-8-25-20)13(22)11-12(21(23)24)18-26-17-11/h1-2,7-8,10H,3-6,9H2. The molecule has 1 aromatic heterocycles. The topological polar surface area (TPSA) is 115 Å². The van der Waals surface area contributed by atoms with Crippen molar-refractivity contribution in [2.75, 3.05) is 6.54 Å². The van der Waals surface area contributed by atoms with Crippen LogP contribution in [0.15, 0.2) is 29.2 Å². The minimum atomic E-state index is -2.70. The summed E-state index contributed by atoms with van der Waals surface area (Å²) in [6.45, 7) is 0.0249. The maximum Gasteiger partial charge on any atom is 0.447 e. The Bertz CT molecular complexity index is 740. The van der Waals surface area contributed by atoms with Crippen LogP contribution in [0.1, 0.15) is 36.2 Å². The number of amides is 1. The Balaban J connectivity index is 1.80. The molecule has 0 spiro atoms. The molecule has 1 fully saturated rings. The number of hydrogen-bond donors (Lipinski definition) is 0. The van der Waals surface area contributed by atoms with Gasteiger partial charge < -0.3 is 15.0 Å². The number of carbonyl (C=O) groups is 1. The monoisotopic (exact) mass is 371 g/mol. The van der Waals surface area contributed by atoms with Gasteiger partial charge in [0.15, 0.2) is 5.16 Å². The van der Waals surface area contributed by atoms with Crippen LogP contribution in [0.2, 0.25) is 0 Å². The van der Waals surface area contributed by atoms with Gasteiger partial charge >= 0.3 is 11.7 Å². The van der Waals surface area contributed by atoms with Crippen molar-refractivity contribution in [1.82, 2.24) is 20.5 Å². The van der Waals surface area contributed by atoms with E-state index in [1.54, 1.807) is 12.2 Å². The van der Waals surface area contributed by atoms with Gasteiger partial charge in [0, 0.05) is 19.4 Å². The molecular formula is C14H15F2N5O5. The molecule has 0 atom stereocenters. The van der Waals surface area contributed by atoms with Gasteiger partial charge in [-0.3, -0.25) is 4.79 Å². The quantitative estimate of drug-likeness (QED) is 0.572. The molecule has 1 amide bonds. The van der Waals surface area contributed by atoms with Gasteiger partial charge in [-0.05, 0) is 41.0 Å². The van der Waals surface area contributed by atoms with Gasteiger partial charge in [0.05, 0.1) is 6.20 Å². The molecule has 0 aromatic carbocycles. The van der Waals surface area contributed by atoms with E-state index in [4.69, 9.17) is 4.84 Å². The molecule has 1 aromatic rings. The van der Waals surface area contributed by atoms with Crippen LogP contribution in [0.25, 0.3) is 0 Å². The third-order valence-electron chi connectivity index (χ3n) is 4.16. The number of nitro groups is 1. The van der Waals surface area contributed by atoms with Crippen LogP contribution in [0.5, 0.6) is 0 Å². The number of hydroxylamine groups is 1. The van der Waals surface area contributed by atoms with Crippen molar-refractivity contribution in [2.45, 2.75) is 31.6 Å². The molecule has 26 heavy (non-hydrogen) atoms. The first-order chi connectivity index (χ1) is 12.4. The highest BCUT2D eigenvalue weighted by Gasteiger charge is 2.39. The Hall–Kier alpha value is -3.05. The highest BCUT2D eigenvalue weighted by Crippen LogP contribution is 2.36. The molecule has 12 heteroatoms. The summed E-state index contributed by atoms with van der Waals surface area (Å²) in [4.78, 5) is 28.1. The van der Waals surface area contributed by atoms with Crippen molar-refractivity contribution < 1.29 is 28.0 Å². The summed E-state index contributed by atoms with van der Waals surface area (Å²) in [5.41, 5.74) is -0.595. The maximum atomic E-state index is 13.4. The van der Waals surface area contributed by atoms with Crippen LogP contribution < -0.4 is 0 Å². The molecule has 1 aliphatic carbocycles. The fourth-order valence-corrected chi connectivity index (χ4v) is 2.78. The SMILES string of the molecule is O=C(c1nonc1[N+](=O)[O-])N(CC1CCC(F)(F)CC1)N1C=CC=CO1. The Labute approximate surface area is 145 Å². The van der Waals surface area contributed by atoms with E-state index in [1.165, 1.54) is 12.5 Å². The largest absolute Gasteiger partial charge is 0.447 e. The molecule has 0 unspecified atom stereocenters. The lowest BCUT2D eigenvalue weighted by Gasteiger charge is -2.36. The van der Waals surface area contributed by atoms with Crippen molar-refractivity contribution >= 4 is 11.7 Å². The van der Waals surface area contributed by atoms with E-state index in [0.29, 0.717) is 0 Å². The van der Waals surface area contributed by atoms with Crippen LogP contribution in [-0.2, 0) is 4.84 Å². The lowest BCUT2D eigenvalue weighted by molar-refractivity contribution is -0.391. The molecule has 3 rings (SSSR count). The van der Waals surface area contributed by atoms with Crippen molar-refractivity contribution in [3.8, 4) is 0 Å². The molecule has 2 aliphatic rings. The summed E-state index contributed by atoms with van der Waals surface area (Å²) < 4.78 is 31.0. The molecule has 10 nitrogen and oxygen atoms in total. The number of hydrazine groups is 1. The Morgan fingerprint density at radius 3 is 2.73 bits per heavy atom. The second kappa shape index (κ2) is 7.06. The van der Waals surface area contributed by atoms with Crippen molar-refractivity contribution in [2.24, 2.45) is 5.92 Å². The van der Waals surface area contributed by atoms with Crippen LogP contribution >= 0.6 is 0 Å². The lowest BCUT2D eigenvalue weighted by atomic mass is 9.86. The summed E-state index contributed by atoms with van der Waals surface area (Å²) in [7, 11) is 0. The molecule has 0 bridgehead atoms. The number of rotatable bonds is 5. The van der Waals surface area contributed by atoms with Crippen LogP contribution in [0, 0.1) is 16.0 Å². The summed E-state index contributed by atoms with van der Waals surface area (Å²) in [6.07, 6.45) is 5.73. The Morgan fingerprint density at radius 1 is 1.38 bits per heavy atom. The normalized spacial score (nSPS) is 19.2. The van der Waals surface area contributed by atoms with E-state index in [-0.39, 0.29) is 38.1 Å². The fraction of sp³-hybridized carbons (Fsp3) is 0.500. The predicted molar refractivity (Wildman–Crippen MR) is 80.1 cm³/mol. The summed E-state index contributed by atoms with van der Waals surface area (Å²) >= 11 is 0. The number of halogens is 2. The summed E-state index contributed by atoms with van der Waals surface area (Å²) in [6, 6.07) is 0. The molecule has 0 N–H and O–H groups in total. The average Bonchev–Trinajstić information content (AvgIpc) is 3.11. The molecule has 0 radical (unpaired) electrons. The van der Waals surface area contributed by atoms with E-state index in [0.717, 1.165) is 10.2 Å². The number of carbonyl (C=O) groups excluding carboxylic acids is 1. The van der Waals surface area contributed by atoms with E-state index < -0.39 is 28.3 Å². The van der Waals surface area contributed by atoms with Crippen LogP contribution in [0.4, 0.5) is 14.6 Å². The second-order valence-corrected chi connectivity index (χ2v) is 5.96. The molecule has 1 aliphatic heterocycles. The van der Waals surface area contributed by atoms with Crippen molar-refractivity contribution in [3.63, 3.8) is 0 Å². The minimum Gasteiger partial charge on any atom is -0.367 e. The third kappa shape index (κ3) is 3.78. The second-order valence-electron chi connectivity index (χ2n) is 5.96.